The first-order chi connectivity index (χ1) is 13.8. The lowest BCUT2D eigenvalue weighted by atomic mass is 9.67. The van der Waals surface area contributed by atoms with Crippen LogP contribution >= 0.6 is 0 Å². The zero-order valence-electron chi connectivity index (χ0n) is 17.0. The first kappa shape index (κ1) is 20.5. The molecule has 1 heterocycles. The average molecular weight is 384 g/mol. The zero-order chi connectivity index (χ0) is 19.5. The number of nitrogens with one attached hydrogen (secondary N) is 2. The quantitative estimate of drug-likeness (QED) is 0.458. The molecule has 0 atom stereocenters. The van der Waals surface area contributed by atoms with Crippen molar-refractivity contribution in [3.63, 3.8) is 0 Å². The summed E-state index contributed by atoms with van der Waals surface area (Å²) >= 11 is 0. The van der Waals surface area contributed by atoms with Gasteiger partial charge in [0, 0.05) is 39.8 Å². The maximum atomic E-state index is 5.43. The number of hydrogen-bond donors (Lipinski definition) is 2. The molecule has 152 valence electrons. The molecular weight excluding hydrogens is 350 g/mol. The molecule has 1 saturated carbocycles. The number of methoxy groups -OCH3 is 1. The van der Waals surface area contributed by atoms with E-state index in [1.54, 1.807) is 13.4 Å². The van der Waals surface area contributed by atoms with E-state index in [4.69, 9.17) is 14.1 Å². The zero-order valence-corrected chi connectivity index (χ0v) is 17.0. The van der Waals surface area contributed by atoms with Gasteiger partial charge in [-0.05, 0) is 48.8 Å². The molecule has 0 saturated heterocycles. The van der Waals surface area contributed by atoms with E-state index in [2.05, 4.69) is 41.0 Å². The predicted octanol–water partition coefficient (Wildman–Crippen LogP) is 3.81. The highest BCUT2D eigenvalue weighted by Gasteiger charge is 2.36. The van der Waals surface area contributed by atoms with Gasteiger partial charge in [0.1, 0.15) is 5.76 Å². The molecular formula is C23H33N3O2. The topological polar surface area (TPSA) is 58.8 Å². The highest BCUT2D eigenvalue weighted by Crippen LogP contribution is 2.44. The summed E-state index contributed by atoms with van der Waals surface area (Å²) in [5, 5.41) is 6.97. The number of rotatable bonds is 11. The van der Waals surface area contributed by atoms with E-state index in [1.165, 1.54) is 24.8 Å². The normalized spacial score (nSPS) is 15.8. The van der Waals surface area contributed by atoms with Gasteiger partial charge >= 0.3 is 0 Å². The molecule has 5 heteroatoms. The lowest BCUT2D eigenvalue weighted by Crippen LogP contribution is -2.41. The lowest BCUT2D eigenvalue weighted by Gasteiger charge is -2.40. The summed E-state index contributed by atoms with van der Waals surface area (Å²) in [6.45, 7) is 3.34. The Bertz CT molecular complexity index is 694. The second-order valence-electron chi connectivity index (χ2n) is 7.68. The van der Waals surface area contributed by atoms with Crippen molar-refractivity contribution >= 4 is 5.96 Å². The smallest absolute Gasteiger partial charge is 0.191 e. The van der Waals surface area contributed by atoms with E-state index in [0.29, 0.717) is 5.41 Å². The van der Waals surface area contributed by atoms with Gasteiger partial charge in [-0.3, -0.25) is 4.99 Å². The summed E-state index contributed by atoms with van der Waals surface area (Å²) in [6.07, 6.45) is 8.46. The van der Waals surface area contributed by atoms with Crippen molar-refractivity contribution in [1.82, 2.24) is 10.6 Å². The lowest BCUT2D eigenvalue weighted by molar-refractivity contribution is 0.0778. The molecule has 0 aliphatic heterocycles. The maximum Gasteiger partial charge on any atom is 0.191 e. The Hall–Kier alpha value is -2.27. The van der Waals surface area contributed by atoms with Crippen LogP contribution in [-0.2, 0) is 17.6 Å². The van der Waals surface area contributed by atoms with Gasteiger partial charge < -0.3 is 19.8 Å². The molecule has 0 bridgehead atoms. The average Bonchev–Trinajstić information content (AvgIpc) is 3.21. The molecule has 3 rings (SSSR count). The summed E-state index contributed by atoms with van der Waals surface area (Å²) < 4.78 is 10.7. The van der Waals surface area contributed by atoms with Gasteiger partial charge in [-0.2, -0.15) is 0 Å². The minimum atomic E-state index is 0.324. The van der Waals surface area contributed by atoms with E-state index in [1.807, 2.05) is 12.1 Å². The predicted molar refractivity (Wildman–Crippen MR) is 114 cm³/mol. The minimum Gasteiger partial charge on any atom is -0.469 e. The number of aliphatic imine (C=N–C) groups is 1. The summed E-state index contributed by atoms with van der Waals surface area (Å²) in [7, 11) is 1.78. The third-order valence-corrected chi connectivity index (χ3v) is 5.62. The van der Waals surface area contributed by atoms with Crippen molar-refractivity contribution in [2.45, 2.75) is 38.5 Å². The standard InChI is InChI=1S/C23H33N3O2/c1-27-18-14-23(12-6-13-23)19-26-22(25-16-11-21-9-5-17-28-21)24-15-10-20-7-3-2-4-8-20/h2-5,7-9,17H,6,10-16,18-19H2,1H3,(H2,24,25,26). The minimum absolute atomic E-state index is 0.324. The van der Waals surface area contributed by atoms with Crippen LogP contribution in [0.3, 0.4) is 0 Å². The van der Waals surface area contributed by atoms with Crippen LogP contribution in [0.15, 0.2) is 58.1 Å². The number of ether oxygens (including phenoxy) is 1. The third kappa shape index (κ3) is 6.41. The van der Waals surface area contributed by atoms with Gasteiger partial charge in [-0.1, -0.05) is 36.8 Å². The Morgan fingerprint density at radius 2 is 1.86 bits per heavy atom. The van der Waals surface area contributed by atoms with Crippen LogP contribution in [0.1, 0.15) is 37.0 Å². The number of benzene rings is 1. The third-order valence-electron chi connectivity index (χ3n) is 5.62. The summed E-state index contributed by atoms with van der Waals surface area (Å²) in [4.78, 5) is 4.93. The molecule has 1 fully saturated rings. The molecule has 1 aromatic carbocycles. The van der Waals surface area contributed by atoms with Gasteiger partial charge in [0.25, 0.3) is 0 Å². The van der Waals surface area contributed by atoms with Crippen LogP contribution in [0.4, 0.5) is 0 Å². The van der Waals surface area contributed by atoms with Crippen LogP contribution in [0.5, 0.6) is 0 Å². The first-order valence-corrected chi connectivity index (χ1v) is 10.4. The molecule has 0 spiro atoms. The monoisotopic (exact) mass is 383 g/mol. The van der Waals surface area contributed by atoms with Crippen LogP contribution in [0.2, 0.25) is 0 Å². The fraction of sp³-hybridized carbons (Fsp3) is 0.522. The molecule has 0 radical (unpaired) electrons. The molecule has 1 aromatic heterocycles. The van der Waals surface area contributed by atoms with E-state index in [0.717, 1.165) is 57.2 Å². The summed E-state index contributed by atoms with van der Waals surface area (Å²) in [6, 6.07) is 14.5. The summed E-state index contributed by atoms with van der Waals surface area (Å²) in [5.74, 6) is 1.89. The van der Waals surface area contributed by atoms with Gasteiger partial charge in [-0.25, -0.2) is 0 Å². The van der Waals surface area contributed by atoms with Crippen molar-refractivity contribution in [2.24, 2.45) is 10.4 Å². The molecule has 2 aromatic rings. The number of hydrogen-bond acceptors (Lipinski definition) is 3. The molecule has 1 aliphatic carbocycles. The Morgan fingerprint density at radius 3 is 2.50 bits per heavy atom. The van der Waals surface area contributed by atoms with Crippen molar-refractivity contribution < 1.29 is 9.15 Å². The number of guanidine groups is 1. The van der Waals surface area contributed by atoms with Gasteiger partial charge in [-0.15, -0.1) is 0 Å². The SMILES string of the molecule is COCCC1(CN=C(NCCc2ccccc2)NCCc2ccco2)CCC1. The molecule has 2 N–H and O–H groups in total. The Balaban J connectivity index is 1.52. The van der Waals surface area contributed by atoms with Gasteiger partial charge in [0.05, 0.1) is 6.26 Å². The Morgan fingerprint density at radius 1 is 1.07 bits per heavy atom. The van der Waals surface area contributed by atoms with E-state index >= 15 is 0 Å². The van der Waals surface area contributed by atoms with Crippen molar-refractivity contribution in [3.8, 4) is 0 Å². The Labute approximate surface area is 168 Å². The van der Waals surface area contributed by atoms with Crippen LogP contribution in [0, 0.1) is 5.41 Å². The van der Waals surface area contributed by atoms with Crippen molar-refractivity contribution in [2.75, 3.05) is 33.4 Å². The summed E-state index contributed by atoms with van der Waals surface area (Å²) in [5.41, 5.74) is 1.66. The first-order valence-electron chi connectivity index (χ1n) is 10.4. The fourth-order valence-electron chi connectivity index (χ4n) is 3.63. The van der Waals surface area contributed by atoms with E-state index in [-0.39, 0.29) is 0 Å². The number of nitrogens with zero attached hydrogens (tertiary/aromatic N) is 1. The van der Waals surface area contributed by atoms with Gasteiger partial charge in [0.2, 0.25) is 0 Å². The van der Waals surface area contributed by atoms with Crippen LogP contribution in [-0.4, -0.2) is 39.3 Å². The fourth-order valence-corrected chi connectivity index (χ4v) is 3.63. The molecule has 0 amide bonds. The van der Waals surface area contributed by atoms with Gasteiger partial charge in [0.15, 0.2) is 5.96 Å². The van der Waals surface area contributed by atoms with Crippen molar-refractivity contribution in [3.05, 3.63) is 60.1 Å². The Kier molecular flexibility index (Phi) is 7.97. The second kappa shape index (κ2) is 10.9. The highest BCUT2D eigenvalue weighted by atomic mass is 16.5. The molecule has 0 unspecified atom stereocenters. The van der Waals surface area contributed by atoms with Crippen LogP contribution in [0.25, 0.3) is 0 Å². The molecule has 5 nitrogen and oxygen atoms in total. The van der Waals surface area contributed by atoms with E-state index in [9.17, 15) is 0 Å². The molecule has 28 heavy (non-hydrogen) atoms. The van der Waals surface area contributed by atoms with Crippen molar-refractivity contribution in [1.29, 1.82) is 0 Å². The largest absolute Gasteiger partial charge is 0.469 e. The second-order valence-corrected chi connectivity index (χ2v) is 7.68. The van der Waals surface area contributed by atoms with Crippen LogP contribution < -0.4 is 10.6 Å². The highest BCUT2D eigenvalue weighted by molar-refractivity contribution is 5.79. The van der Waals surface area contributed by atoms with E-state index < -0.39 is 0 Å². The number of furan rings is 1. The molecule has 1 aliphatic rings. The maximum absolute atomic E-state index is 5.43.